The normalized spacial score (nSPS) is 21.1. The Kier molecular flexibility index (Phi) is 4.23. The van der Waals surface area contributed by atoms with Crippen molar-refractivity contribution in [2.45, 2.75) is 64.7 Å². The van der Waals surface area contributed by atoms with E-state index in [1.807, 2.05) is 21.0 Å². The smallest absolute Gasteiger partial charge is 0.126 e. The molecule has 2 aliphatic carbocycles. The number of para-hydroxylation sites is 1. The molecule has 0 N–H and O–H groups in total. The number of rotatable bonds is 4. The predicted molar refractivity (Wildman–Crippen MR) is 82.1 cm³/mol. The highest BCUT2D eigenvalue weighted by Crippen LogP contribution is 2.53. The molecule has 0 bridgehead atoms. The molecule has 1 unspecified atom stereocenters. The van der Waals surface area contributed by atoms with Crippen LogP contribution in [0.3, 0.4) is 0 Å². The summed E-state index contributed by atoms with van der Waals surface area (Å²) in [5.74, 6) is 2.73. The van der Waals surface area contributed by atoms with E-state index < -0.39 is 0 Å². The van der Waals surface area contributed by atoms with Crippen LogP contribution in [-0.4, -0.2) is 7.11 Å². The molecule has 0 saturated heterocycles. The van der Waals surface area contributed by atoms with Crippen LogP contribution in [0.4, 0.5) is 0 Å². The highest BCUT2D eigenvalue weighted by molar-refractivity contribution is 5.49. The van der Waals surface area contributed by atoms with E-state index in [0.717, 1.165) is 5.92 Å². The molecule has 2 saturated carbocycles. The zero-order chi connectivity index (χ0) is 14.0. The van der Waals surface area contributed by atoms with Gasteiger partial charge in [0.1, 0.15) is 5.75 Å². The largest absolute Gasteiger partial charge is 0.496 e. The van der Waals surface area contributed by atoms with E-state index in [-0.39, 0.29) is 0 Å². The van der Waals surface area contributed by atoms with Gasteiger partial charge in [-0.15, -0.1) is 0 Å². The van der Waals surface area contributed by atoms with Crippen molar-refractivity contribution in [2.24, 2.45) is 5.92 Å². The zero-order valence-corrected chi connectivity index (χ0v) is 13.1. The summed E-state index contributed by atoms with van der Waals surface area (Å²) in [6.07, 6.45) is 5.41. The van der Waals surface area contributed by atoms with E-state index in [4.69, 9.17) is 4.74 Å². The Balaban J connectivity index is 0.000000637. The topological polar surface area (TPSA) is 9.23 Å². The average molecular weight is 260 g/mol. The highest BCUT2D eigenvalue weighted by atomic mass is 16.5. The van der Waals surface area contributed by atoms with E-state index in [1.54, 1.807) is 0 Å². The van der Waals surface area contributed by atoms with Crippen LogP contribution < -0.4 is 4.74 Å². The van der Waals surface area contributed by atoms with Crippen LogP contribution in [0.15, 0.2) is 18.2 Å². The third kappa shape index (κ3) is 2.80. The molecule has 1 nitrogen and oxygen atoms in total. The number of ether oxygens (including phenoxy) is 1. The summed E-state index contributed by atoms with van der Waals surface area (Å²) in [4.78, 5) is 0. The van der Waals surface area contributed by atoms with Gasteiger partial charge < -0.3 is 4.74 Å². The minimum Gasteiger partial charge on any atom is -0.496 e. The molecule has 19 heavy (non-hydrogen) atoms. The third-order valence-corrected chi connectivity index (χ3v) is 4.72. The maximum absolute atomic E-state index is 5.74. The second-order valence-corrected chi connectivity index (χ2v) is 6.11. The van der Waals surface area contributed by atoms with Gasteiger partial charge in [-0.05, 0) is 48.5 Å². The first-order valence-electron chi connectivity index (χ1n) is 7.83. The van der Waals surface area contributed by atoms with Gasteiger partial charge in [0.2, 0.25) is 0 Å². The van der Waals surface area contributed by atoms with Crippen molar-refractivity contribution < 1.29 is 4.74 Å². The summed E-state index contributed by atoms with van der Waals surface area (Å²) in [6.45, 7) is 8.71. The predicted octanol–water partition coefficient (Wildman–Crippen LogP) is 5.29. The lowest BCUT2D eigenvalue weighted by molar-refractivity contribution is 0.395. The average Bonchev–Trinajstić information content (AvgIpc) is 3.35. The first-order chi connectivity index (χ1) is 9.15. The number of methoxy groups -OCH3 is 1. The number of hydrogen-bond donors (Lipinski definition) is 0. The van der Waals surface area contributed by atoms with Crippen LogP contribution in [0.2, 0.25) is 0 Å². The standard InChI is InChI=1S/C16H22O.C2H6/c1-11(12-7-8-12)13-5-4-6-14(15(13)17-3)16(2)9-10-16;1-2/h4-6,11-12H,7-10H2,1-3H3;1-2H3. The second kappa shape index (κ2) is 5.56. The van der Waals surface area contributed by atoms with Crippen molar-refractivity contribution in [3.63, 3.8) is 0 Å². The first kappa shape index (κ1) is 14.4. The van der Waals surface area contributed by atoms with Gasteiger partial charge >= 0.3 is 0 Å². The maximum atomic E-state index is 5.74. The van der Waals surface area contributed by atoms with Crippen LogP contribution in [0, 0.1) is 5.92 Å². The molecule has 0 heterocycles. The van der Waals surface area contributed by atoms with Crippen LogP contribution in [0.5, 0.6) is 5.75 Å². The first-order valence-corrected chi connectivity index (χ1v) is 7.83. The van der Waals surface area contributed by atoms with E-state index in [2.05, 4.69) is 32.0 Å². The molecule has 2 aliphatic rings. The maximum Gasteiger partial charge on any atom is 0.126 e. The molecule has 0 radical (unpaired) electrons. The molecule has 2 fully saturated rings. The molecule has 0 aromatic heterocycles. The minimum atomic E-state index is 0.393. The van der Waals surface area contributed by atoms with Crippen LogP contribution in [0.25, 0.3) is 0 Å². The van der Waals surface area contributed by atoms with Gasteiger partial charge in [0.15, 0.2) is 0 Å². The molecule has 0 amide bonds. The molecule has 1 atom stereocenters. The van der Waals surface area contributed by atoms with Crippen molar-refractivity contribution in [1.29, 1.82) is 0 Å². The molecule has 1 heteroatoms. The van der Waals surface area contributed by atoms with Gasteiger partial charge in [0, 0.05) is 5.56 Å². The van der Waals surface area contributed by atoms with Gasteiger partial charge in [0.25, 0.3) is 0 Å². The second-order valence-electron chi connectivity index (χ2n) is 6.11. The molecule has 0 spiro atoms. The highest BCUT2D eigenvalue weighted by Gasteiger charge is 2.42. The van der Waals surface area contributed by atoms with Gasteiger partial charge in [0.05, 0.1) is 7.11 Å². The van der Waals surface area contributed by atoms with E-state index in [1.165, 1.54) is 42.6 Å². The Hall–Kier alpha value is -0.980. The van der Waals surface area contributed by atoms with Crippen molar-refractivity contribution in [2.75, 3.05) is 7.11 Å². The SMILES string of the molecule is CC.COc1c(C(C)C2CC2)cccc1C1(C)CC1. The lowest BCUT2D eigenvalue weighted by atomic mass is 9.89. The van der Waals surface area contributed by atoms with Crippen molar-refractivity contribution >= 4 is 0 Å². The minimum absolute atomic E-state index is 0.393. The van der Waals surface area contributed by atoms with Crippen molar-refractivity contribution in [1.82, 2.24) is 0 Å². The molecule has 1 aromatic carbocycles. The van der Waals surface area contributed by atoms with Crippen LogP contribution >= 0.6 is 0 Å². The van der Waals surface area contributed by atoms with Crippen molar-refractivity contribution in [3.05, 3.63) is 29.3 Å². The molecular weight excluding hydrogens is 232 g/mol. The molecule has 1 aromatic rings. The Bertz CT molecular complexity index is 427. The summed E-state index contributed by atoms with van der Waals surface area (Å²) in [6, 6.07) is 6.74. The van der Waals surface area contributed by atoms with E-state index >= 15 is 0 Å². The number of hydrogen-bond acceptors (Lipinski definition) is 1. The van der Waals surface area contributed by atoms with Gasteiger partial charge in [-0.3, -0.25) is 0 Å². The monoisotopic (exact) mass is 260 g/mol. The van der Waals surface area contributed by atoms with E-state index in [0.29, 0.717) is 11.3 Å². The van der Waals surface area contributed by atoms with Crippen LogP contribution in [-0.2, 0) is 5.41 Å². The van der Waals surface area contributed by atoms with Gasteiger partial charge in [-0.25, -0.2) is 0 Å². The summed E-state index contributed by atoms with van der Waals surface area (Å²) in [5.41, 5.74) is 3.26. The summed E-state index contributed by atoms with van der Waals surface area (Å²) < 4.78 is 5.74. The fraction of sp³-hybridized carbons (Fsp3) is 0.667. The quantitative estimate of drug-likeness (QED) is 0.715. The molecule has 0 aliphatic heterocycles. The lowest BCUT2D eigenvalue weighted by Crippen LogP contribution is -2.07. The fourth-order valence-corrected chi connectivity index (χ4v) is 2.92. The Morgan fingerprint density at radius 2 is 1.84 bits per heavy atom. The lowest BCUT2D eigenvalue weighted by Gasteiger charge is -2.21. The summed E-state index contributed by atoms with van der Waals surface area (Å²) in [5, 5.41) is 0. The Morgan fingerprint density at radius 1 is 1.21 bits per heavy atom. The third-order valence-electron chi connectivity index (χ3n) is 4.72. The molecule has 3 rings (SSSR count). The Labute approximate surface area is 118 Å². The molecule has 106 valence electrons. The number of benzene rings is 1. The molecular formula is C18H28O. The summed E-state index contributed by atoms with van der Waals surface area (Å²) >= 11 is 0. The van der Waals surface area contributed by atoms with Crippen molar-refractivity contribution in [3.8, 4) is 5.75 Å². The Morgan fingerprint density at radius 3 is 2.32 bits per heavy atom. The zero-order valence-electron chi connectivity index (χ0n) is 13.1. The summed E-state index contributed by atoms with van der Waals surface area (Å²) in [7, 11) is 1.83. The van der Waals surface area contributed by atoms with E-state index in [9.17, 15) is 0 Å². The fourth-order valence-electron chi connectivity index (χ4n) is 2.92. The van der Waals surface area contributed by atoms with Gasteiger partial charge in [-0.1, -0.05) is 45.9 Å². The van der Waals surface area contributed by atoms with Gasteiger partial charge in [-0.2, -0.15) is 0 Å². The van der Waals surface area contributed by atoms with Crippen LogP contribution in [0.1, 0.15) is 70.4 Å².